The van der Waals surface area contributed by atoms with Crippen molar-refractivity contribution in [3.05, 3.63) is 71.0 Å². The van der Waals surface area contributed by atoms with Gasteiger partial charge >= 0.3 is 18.4 Å². The molecule has 2 heterocycles. The normalized spacial score (nSPS) is 11.8. The number of aromatic nitrogens is 3. The van der Waals surface area contributed by atoms with Crippen LogP contribution in [0.2, 0.25) is 0 Å². The van der Waals surface area contributed by atoms with Gasteiger partial charge in [-0.15, -0.1) is 0 Å². The first-order chi connectivity index (χ1) is 21.2. The second-order valence-electron chi connectivity index (χ2n) is 10.4. The highest BCUT2D eigenvalue weighted by molar-refractivity contribution is 5.93. The van der Waals surface area contributed by atoms with E-state index in [4.69, 9.17) is 5.73 Å². The quantitative estimate of drug-likeness (QED) is 0.0841. The minimum absolute atomic E-state index is 0.000575. The second kappa shape index (κ2) is 13.9. The summed E-state index contributed by atoms with van der Waals surface area (Å²) in [5.41, 5.74) is 6.38. The second-order valence-corrected chi connectivity index (χ2v) is 10.4. The van der Waals surface area contributed by atoms with E-state index in [0.29, 0.717) is 42.6 Å². The summed E-state index contributed by atoms with van der Waals surface area (Å²) >= 11 is 0. The average Bonchev–Trinajstić information content (AvgIpc) is 2.93. The Labute approximate surface area is 255 Å². The Kier molecular flexibility index (Phi) is 10.2. The molecule has 2 amide bonds. The maximum absolute atomic E-state index is 13.0. The van der Waals surface area contributed by atoms with E-state index < -0.39 is 35.2 Å². The molecule has 9 nitrogen and oxygen atoms in total. The van der Waals surface area contributed by atoms with Crippen LogP contribution < -0.4 is 27.0 Å². The third kappa shape index (κ3) is 9.58. The largest absolute Gasteiger partial charge is 0.416 e. The monoisotopic (exact) mass is 634 g/mol. The number of unbranched alkanes of at least 4 members (excludes halogenated alkanes) is 3. The summed E-state index contributed by atoms with van der Waals surface area (Å²) in [6, 6.07) is 9.34. The maximum Gasteiger partial charge on any atom is 0.416 e. The number of nitrogens with zero attached hydrogens (tertiary/aromatic N) is 3. The molecule has 0 bridgehead atoms. The number of amides is 2. The molecule has 15 heteroatoms. The molecule has 240 valence electrons. The van der Waals surface area contributed by atoms with Gasteiger partial charge in [-0.05, 0) is 69.2 Å². The lowest BCUT2D eigenvalue weighted by Gasteiger charge is -2.15. The molecule has 45 heavy (non-hydrogen) atoms. The van der Waals surface area contributed by atoms with Gasteiger partial charge in [-0.3, -0.25) is 4.98 Å². The van der Waals surface area contributed by atoms with E-state index in [1.807, 2.05) is 49.5 Å². The molecule has 0 atom stereocenters. The first-order valence-corrected chi connectivity index (χ1v) is 14.1. The molecule has 4 aromatic rings. The van der Waals surface area contributed by atoms with Crippen molar-refractivity contribution in [1.82, 2.24) is 20.3 Å². The average molecular weight is 635 g/mol. The van der Waals surface area contributed by atoms with Gasteiger partial charge in [0.25, 0.3) is 0 Å². The van der Waals surface area contributed by atoms with Gasteiger partial charge in [0.2, 0.25) is 5.95 Å². The Morgan fingerprint density at radius 1 is 0.756 bits per heavy atom. The third-order valence-corrected chi connectivity index (χ3v) is 6.61. The van der Waals surface area contributed by atoms with Crippen LogP contribution in [0.15, 0.2) is 48.5 Å². The molecule has 2 aromatic heterocycles. The fourth-order valence-corrected chi connectivity index (χ4v) is 4.54. The van der Waals surface area contributed by atoms with Crippen molar-refractivity contribution in [3.63, 3.8) is 0 Å². The molecule has 0 aliphatic heterocycles. The highest BCUT2D eigenvalue weighted by Crippen LogP contribution is 2.37. The van der Waals surface area contributed by atoms with Crippen LogP contribution >= 0.6 is 0 Å². The van der Waals surface area contributed by atoms with Gasteiger partial charge < -0.3 is 27.0 Å². The van der Waals surface area contributed by atoms with Crippen molar-refractivity contribution in [2.24, 2.45) is 0 Å². The van der Waals surface area contributed by atoms with Crippen molar-refractivity contribution in [3.8, 4) is 0 Å². The molecule has 0 unspecified atom stereocenters. The Balaban J connectivity index is 1.18. The molecular weight excluding hydrogens is 602 g/mol. The summed E-state index contributed by atoms with van der Waals surface area (Å²) in [5.74, 6) is 1.06. The van der Waals surface area contributed by atoms with Crippen molar-refractivity contribution < 1.29 is 31.1 Å². The molecular formula is C30H32F6N8O. The van der Waals surface area contributed by atoms with Crippen LogP contribution in [-0.4, -0.2) is 34.1 Å². The van der Waals surface area contributed by atoms with Crippen molar-refractivity contribution >= 4 is 45.8 Å². The van der Waals surface area contributed by atoms with E-state index in [1.165, 1.54) is 0 Å². The number of urea groups is 1. The third-order valence-electron chi connectivity index (χ3n) is 6.61. The minimum atomic E-state index is -5.00. The molecule has 0 radical (unpaired) electrons. The van der Waals surface area contributed by atoms with Crippen LogP contribution in [0.5, 0.6) is 0 Å². The summed E-state index contributed by atoms with van der Waals surface area (Å²) < 4.78 is 78.1. The topological polar surface area (TPSA) is 130 Å². The molecule has 0 aliphatic rings. The summed E-state index contributed by atoms with van der Waals surface area (Å²) in [7, 11) is 0. The first-order valence-electron chi connectivity index (χ1n) is 14.1. The molecule has 0 saturated carbocycles. The van der Waals surface area contributed by atoms with Gasteiger partial charge in [0.1, 0.15) is 5.82 Å². The van der Waals surface area contributed by atoms with E-state index in [2.05, 4.69) is 30.9 Å². The number of benzene rings is 2. The summed E-state index contributed by atoms with van der Waals surface area (Å²) in [6.07, 6.45) is -7.15. The number of nitrogens with one attached hydrogen (secondary N) is 4. The number of fused-ring (bicyclic) bond motifs is 1. The zero-order valence-electron chi connectivity index (χ0n) is 24.5. The van der Waals surface area contributed by atoms with Crippen molar-refractivity contribution in [2.75, 3.05) is 34.8 Å². The predicted octanol–water partition coefficient (Wildman–Crippen LogP) is 7.80. The number of hydrogen-bond donors (Lipinski definition) is 5. The Hall–Kier alpha value is -4.82. The smallest absolute Gasteiger partial charge is 0.398 e. The summed E-state index contributed by atoms with van der Waals surface area (Å²) in [6.45, 7) is 4.52. The van der Waals surface area contributed by atoms with Gasteiger partial charge in [-0.1, -0.05) is 12.8 Å². The van der Waals surface area contributed by atoms with Crippen LogP contribution in [0.3, 0.4) is 0 Å². The number of alkyl halides is 6. The SMILES string of the molecule is Cc1cc(Nc2ccc3nc(C)cc(N)c3c2)nc(NCCCCCCNC(=O)Nc2cc(C(F)(F)F)cc(C(F)(F)F)c2)n1. The van der Waals surface area contributed by atoms with Crippen LogP contribution in [0.4, 0.5) is 60.0 Å². The van der Waals surface area contributed by atoms with Gasteiger partial charge in [0.15, 0.2) is 0 Å². The Bertz CT molecular complexity index is 1630. The predicted molar refractivity (Wildman–Crippen MR) is 161 cm³/mol. The van der Waals surface area contributed by atoms with E-state index in [1.54, 1.807) is 0 Å². The number of aryl methyl sites for hydroxylation is 2. The minimum Gasteiger partial charge on any atom is -0.398 e. The molecule has 0 fully saturated rings. The van der Waals surface area contributed by atoms with Gasteiger partial charge in [0, 0.05) is 53.0 Å². The van der Waals surface area contributed by atoms with Gasteiger partial charge in [0.05, 0.1) is 16.6 Å². The highest BCUT2D eigenvalue weighted by atomic mass is 19.4. The standard InChI is InChI=1S/C30H32F6N8O/c1-17-11-24(37)23-16-21(7-8-25(23)40-17)42-26-12-18(2)41-27(44-26)38-9-5-3-4-6-10-39-28(45)43-22-14-19(29(31,32)33)13-20(15-22)30(34,35)36/h7-8,11-16H,3-6,9-10H2,1-2H3,(H2,37,40)(H2,39,43,45)(H2,38,41,42,44). The lowest BCUT2D eigenvalue weighted by molar-refractivity contribution is -0.143. The Morgan fingerprint density at radius 2 is 1.40 bits per heavy atom. The molecule has 6 N–H and O–H groups in total. The number of pyridine rings is 1. The molecule has 4 rings (SSSR count). The number of rotatable bonds is 11. The van der Waals surface area contributed by atoms with E-state index in [9.17, 15) is 31.1 Å². The summed E-state index contributed by atoms with van der Waals surface area (Å²) in [5, 5.41) is 11.8. The van der Waals surface area contributed by atoms with Crippen molar-refractivity contribution in [1.29, 1.82) is 0 Å². The van der Waals surface area contributed by atoms with Crippen LogP contribution in [0, 0.1) is 13.8 Å². The molecule has 0 saturated heterocycles. The lowest BCUT2D eigenvalue weighted by atomic mass is 10.1. The van der Waals surface area contributed by atoms with Crippen molar-refractivity contribution in [2.45, 2.75) is 51.9 Å². The van der Waals surface area contributed by atoms with Gasteiger partial charge in [-0.2, -0.15) is 31.3 Å². The summed E-state index contributed by atoms with van der Waals surface area (Å²) in [4.78, 5) is 25.5. The number of halogens is 6. The molecule has 0 aliphatic carbocycles. The lowest BCUT2D eigenvalue weighted by Crippen LogP contribution is -2.29. The van der Waals surface area contributed by atoms with Crippen LogP contribution in [0.1, 0.15) is 48.2 Å². The van der Waals surface area contributed by atoms with E-state index in [0.717, 1.165) is 47.2 Å². The number of nitrogens with two attached hydrogens (primary N) is 1. The molecule has 0 spiro atoms. The zero-order valence-corrected chi connectivity index (χ0v) is 24.5. The molecule has 2 aromatic carbocycles. The first kappa shape index (κ1) is 33.1. The van der Waals surface area contributed by atoms with Gasteiger partial charge in [-0.25, -0.2) is 9.78 Å². The number of carbonyl (C=O) groups excluding carboxylic acids is 1. The van der Waals surface area contributed by atoms with E-state index >= 15 is 0 Å². The fourth-order valence-electron chi connectivity index (χ4n) is 4.54. The highest BCUT2D eigenvalue weighted by Gasteiger charge is 2.37. The number of carbonyl (C=O) groups is 1. The fraction of sp³-hybridized carbons (Fsp3) is 0.333. The number of anilines is 5. The number of nitrogen functional groups attached to an aromatic ring is 1. The Morgan fingerprint density at radius 3 is 2.07 bits per heavy atom. The zero-order chi connectivity index (χ0) is 32.8. The number of hydrogen-bond acceptors (Lipinski definition) is 7. The van der Waals surface area contributed by atoms with E-state index in [-0.39, 0.29) is 12.6 Å². The maximum atomic E-state index is 13.0. The van der Waals surface area contributed by atoms with Crippen LogP contribution in [0.25, 0.3) is 10.9 Å². The van der Waals surface area contributed by atoms with Crippen LogP contribution in [-0.2, 0) is 12.4 Å².